The van der Waals surface area contributed by atoms with E-state index >= 15 is 0 Å². The first-order valence-electron chi connectivity index (χ1n) is 12.4. The topological polar surface area (TPSA) is 71.3 Å². The number of carbonyl (C=O) groups is 2. The largest absolute Gasteiger partial charge is 0.335 e. The fourth-order valence-electron chi connectivity index (χ4n) is 4.75. The van der Waals surface area contributed by atoms with Gasteiger partial charge in [-0.1, -0.05) is 49.7 Å². The number of rotatable bonds is 5. The number of carbonyl (C=O) groups excluding carboxylic acids is 2. The summed E-state index contributed by atoms with van der Waals surface area (Å²) in [6.45, 7) is 6.93. The number of hydrogen-bond donors (Lipinski definition) is 0. The lowest BCUT2D eigenvalue weighted by Gasteiger charge is -2.40. The van der Waals surface area contributed by atoms with Crippen molar-refractivity contribution in [1.82, 2.24) is 24.6 Å². The number of benzene rings is 2. The summed E-state index contributed by atoms with van der Waals surface area (Å²) in [5.41, 5.74) is 3.10. The van der Waals surface area contributed by atoms with Gasteiger partial charge in [0.1, 0.15) is 5.82 Å². The van der Waals surface area contributed by atoms with Gasteiger partial charge in [-0.15, -0.1) is 11.3 Å². The SMILES string of the molecule is CC(C)c1c(C(=O)N2CCN(C(=O)c3ccccc3F)C(C)C2)cnn1-c1nc(-c2ccc(Cl)cc2)cs1. The Hall–Kier alpha value is -3.56. The molecule has 7 nitrogen and oxygen atoms in total. The first-order chi connectivity index (χ1) is 18.2. The first kappa shape index (κ1) is 26.1. The molecule has 2 aromatic carbocycles. The van der Waals surface area contributed by atoms with Crippen LogP contribution >= 0.6 is 22.9 Å². The summed E-state index contributed by atoms with van der Waals surface area (Å²) >= 11 is 7.47. The molecule has 1 saturated heterocycles. The molecule has 10 heteroatoms. The molecule has 3 heterocycles. The Morgan fingerprint density at radius 3 is 2.47 bits per heavy atom. The third-order valence-electron chi connectivity index (χ3n) is 6.68. The van der Waals surface area contributed by atoms with Crippen LogP contribution in [0, 0.1) is 5.82 Å². The van der Waals surface area contributed by atoms with E-state index in [4.69, 9.17) is 16.6 Å². The molecule has 38 heavy (non-hydrogen) atoms. The number of nitrogens with zero attached hydrogens (tertiary/aromatic N) is 5. The number of amides is 2. The average molecular weight is 552 g/mol. The second kappa shape index (κ2) is 10.7. The van der Waals surface area contributed by atoms with E-state index in [0.29, 0.717) is 35.4 Å². The fraction of sp³-hybridized carbons (Fsp3) is 0.286. The van der Waals surface area contributed by atoms with Crippen molar-refractivity contribution in [2.24, 2.45) is 0 Å². The summed E-state index contributed by atoms with van der Waals surface area (Å²) in [6, 6.07) is 13.2. The molecule has 0 saturated carbocycles. The third kappa shape index (κ3) is 4.96. The number of hydrogen-bond acceptors (Lipinski definition) is 5. The molecule has 1 aliphatic rings. The number of halogens is 2. The molecule has 1 fully saturated rings. The quantitative estimate of drug-likeness (QED) is 0.310. The van der Waals surface area contributed by atoms with Crippen molar-refractivity contribution < 1.29 is 14.0 Å². The lowest BCUT2D eigenvalue weighted by atomic mass is 10.0. The van der Waals surface area contributed by atoms with Gasteiger partial charge in [-0.05, 0) is 37.1 Å². The molecule has 0 N–H and O–H groups in total. The maximum absolute atomic E-state index is 14.2. The van der Waals surface area contributed by atoms with Crippen LogP contribution in [0.2, 0.25) is 5.02 Å². The molecule has 0 bridgehead atoms. The van der Waals surface area contributed by atoms with Crippen molar-refractivity contribution in [1.29, 1.82) is 0 Å². The molecule has 196 valence electrons. The molecule has 5 rings (SSSR count). The second-order valence-electron chi connectivity index (χ2n) is 9.61. The zero-order valence-corrected chi connectivity index (χ0v) is 22.8. The molecule has 4 aromatic rings. The Morgan fingerprint density at radius 1 is 1.05 bits per heavy atom. The van der Waals surface area contributed by atoms with Crippen LogP contribution in [-0.2, 0) is 0 Å². The zero-order chi connectivity index (χ0) is 27.0. The Balaban J connectivity index is 1.36. The van der Waals surface area contributed by atoms with Gasteiger partial charge < -0.3 is 9.80 Å². The smallest absolute Gasteiger partial charge is 0.257 e. The maximum Gasteiger partial charge on any atom is 0.257 e. The Labute approximate surface area is 229 Å². The first-order valence-corrected chi connectivity index (χ1v) is 13.6. The summed E-state index contributed by atoms with van der Waals surface area (Å²) in [5.74, 6) is -1.03. The van der Waals surface area contributed by atoms with Gasteiger partial charge in [0.2, 0.25) is 5.13 Å². The number of aromatic nitrogens is 3. The van der Waals surface area contributed by atoms with Crippen molar-refractivity contribution >= 4 is 34.8 Å². The predicted molar refractivity (Wildman–Crippen MR) is 147 cm³/mol. The lowest BCUT2D eigenvalue weighted by molar-refractivity contribution is 0.0410. The van der Waals surface area contributed by atoms with E-state index < -0.39 is 5.82 Å². The molecular formula is C28H27ClFN5O2S. The van der Waals surface area contributed by atoms with Crippen LogP contribution in [-0.4, -0.2) is 62.1 Å². The van der Waals surface area contributed by atoms with Gasteiger partial charge in [-0.2, -0.15) is 5.10 Å². The molecule has 0 spiro atoms. The van der Waals surface area contributed by atoms with Crippen LogP contribution in [0.5, 0.6) is 0 Å². The maximum atomic E-state index is 14.2. The summed E-state index contributed by atoms with van der Waals surface area (Å²) in [6.07, 6.45) is 1.60. The second-order valence-corrected chi connectivity index (χ2v) is 10.9. The van der Waals surface area contributed by atoms with Crippen molar-refractivity contribution in [3.05, 3.63) is 87.8 Å². The van der Waals surface area contributed by atoms with Crippen molar-refractivity contribution in [3.63, 3.8) is 0 Å². The van der Waals surface area contributed by atoms with Gasteiger partial charge in [0.25, 0.3) is 11.8 Å². The van der Waals surface area contributed by atoms with Gasteiger partial charge in [0, 0.05) is 41.6 Å². The highest BCUT2D eigenvalue weighted by Gasteiger charge is 2.33. The van der Waals surface area contributed by atoms with Crippen LogP contribution in [0.3, 0.4) is 0 Å². The van der Waals surface area contributed by atoms with Crippen LogP contribution in [0.1, 0.15) is 53.1 Å². The fourth-order valence-corrected chi connectivity index (χ4v) is 5.68. The van der Waals surface area contributed by atoms with E-state index in [2.05, 4.69) is 5.10 Å². The zero-order valence-electron chi connectivity index (χ0n) is 21.3. The van der Waals surface area contributed by atoms with Gasteiger partial charge in [-0.25, -0.2) is 14.1 Å². The van der Waals surface area contributed by atoms with Crippen LogP contribution < -0.4 is 0 Å². The van der Waals surface area contributed by atoms with Gasteiger partial charge in [-0.3, -0.25) is 9.59 Å². The highest BCUT2D eigenvalue weighted by Crippen LogP contribution is 2.30. The van der Waals surface area contributed by atoms with E-state index in [1.54, 1.807) is 32.8 Å². The standard InChI is InChI=1S/C28H27ClFN5O2S/c1-17(2)25-22(14-31-35(25)28-32-24(16-38-28)19-8-10-20(29)11-9-19)26(36)33-12-13-34(18(3)15-33)27(37)21-6-4-5-7-23(21)30/h4-11,14,16-18H,12-13,15H2,1-3H3. The summed E-state index contributed by atoms with van der Waals surface area (Å²) < 4.78 is 15.9. The van der Waals surface area contributed by atoms with E-state index in [9.17, 15) is 14.0 Å². The molecule has 1 aliphatic heterocycles. The van der Waals surface area contributed by atoms with Gasteiger partial charge >= 0.3 is 0 Å². The monoisotopic (exact) mass is 551 g/mol. The molecule has 0 radical (unpaired) electrons. The average Bonchev–Trinajstić information content (AvgIpc) is 3.56. The highest BCUT2D eigenvalue weighted by molar-refractivity contribution is 7.12. The third-order valence-corrected chi connectivity index (χ3v) is 7.74. The molecule has 1 unspecified atom stereocenters. The van der Waals surface area contributed by atoms with Crippen LogP contribution in [0.4, 0.5) is 4.39 Å². The summed E-state index contributed by atoms with van der Waals surface area (Å²) in [7, 11) is 0. The molecule has 0 aliphatic carbocycles. The minimum Gasteiger partial charge on any atom is -0.335 e. The molecular weight excluding hydrogens is 525 g/mol. The highest BCUT2D eigenvalue weighted by atomic mass is 35.5. The van der Waals surface area contributed by atoms with Crippen LogP contribution in [0.15, 0.2) is 60.1 Å². The molecule has 1 atom stereocenters. The van der Waals surface area contributed by atoms with Crippen molar-refractivity contribution in [3.8, 4) is 16.4 Å². The van der Waals surface area contributed by atoms with Gasteiger partial charge in [0.05, 0.1) is 28.7 Å². The molecule has 2 aromatic heterocycles. The van der Waals surface area contributed by atoms with Gasteiger partial charge in [0.15, 0.2) is 0 Å². The molecule has 2 amide bonds. The number of piperazine rings is 1. The minimum absolute atomic E-state index is 0.0145. The Bertz CT molecular complexity index is 1480. The minimum atomic E-state index is -0.543. The van der Waals surface area contributed by atoms with Crippen LogP contribution in [0.25, 0.3) is 16.4 Å². The summed E-state index contributed by atoms with van der Waals surface area (Å²) in [5, 5.41) is 7.84. The lowest BCUT2D eigenvalue weighted by Crippen LogP contribution is -2.55. The Morgan fingerprint density at radius 2 is 1.79 bits per heavy atom. The van der Waals surface area contributed by atoms with E-state index in [0.717, 1.165) is 17.0 Å². The van der Waals surface area contributed by atoms with E-state index in [1.165, 1.54) is 23.5 Å². The van der Waals surface area contributed by atoms with E-state index in [-0.39, 0.29) is 29.3 Å². The Kier molecular flexibility index (Phi) is 7.32. The van der Waals surface area contributed by atoms with E-state index in [1.807, 2.05) is 50.4 Å². The summed E-state index contributed by atoms with van der Waals surface area (Å²) in [4.78, 5) is 34.7. The van der Waals surface area contributed by atoms with Crippen molar-refractivity contribution in [2.45, 2.75) is 32.7 Å². The van der Waals surface area contributed by atoms with Crippen molar-refractivity contribution in [2.75, 3.05) is 19.6 Å². The number of thiazole rings is 1. The normalized spacial score (nSPS) is 15.8. The predicted octanol–water partition coefficient (Wildman–Crippen LogP) is 5.90.